The van der Waals surface area contributed by atoms with E-state index in [2.05, 4.69) is 15.5 Å². The molecule has 1 aromatic heterocycles. The standard InChI is InChI=1S/C19H14FN3O2S2/c20-15-9-6-13(7-10-15)8-11-17(25)21-18-22-23-19(27-18)26-12-16(24)14-4-2-1-3-5-14/h1-11H,12H2,(H,21,22,25)/b11-8+. The Morgan fingerprint density at radius 1 is 1.07 bits per heavy atom. The fraction of sp³-hybridized carbons (Fsp3) is 0.0526. The quantitative estimate of drug-likeness (QED) is 0.277. The first kappa shape index (κ1) is 18.9. The van der Waals surface area contributed by atoms with E-state index in [1.54, 1.807) is 30.3 Å². The van der Waals surface area contributed by atoms with Crippen molar-refractivity contribution in [3.8, 4) is 0 Å². The van der Waals surface area contributed by atoms with E-state index >= 15 is 0 Å². The summed E-state index contributed by atoms with van der Waals surface area (Å²) in [6.07, 6.45) is 2.91. The number of nitrogens with zero attached hydrogens (tertiary/aromatic N) is 2. The number of nitrogens with one attached hydrogen (secondary N) is 1. The molecule has 27 heavy (non-hydrogen) atoms. The van der Waals surface area contributed by atoms with Gasteiger partial charge in [0.15, 0.2) is 10.1 Å². The maximum absolute atomic E-state index is 12.8. The van der Waals surface area contributed by atoms with E-state index in [9.17, 15) is 14.0 Å². The number of halogens is 1. The van der Waals surface area contributed by atoms with Crippen molar-refractivity contribution in [3.63, 3.8) is 0 Å². The molecule has 0 saturated carbocycles. The number of anilines is 1. The van der Waals surface area contributed by atoms with Gasteiger partial charge in [-0.2, -0.15) is 0 Å². The summed E-state index contributed by atoms with van der Waals surface area (Å²) in [4.78, 5) is 24.0. The number of hydrogen-bond acceptors (Lipinski definition) is 6. The zero-order chi connectivity index (χ0) is 19.1. The van der Waals surface area contributed by atoms with E-state index in [1.165, 1.54) is 41.3 Å². The van der Waals surface area contributed by atoms with Gasteiger partial charge in [0.25, 0.3) is 0 Å². The molecule has 0 aliphatic rings. The number of benzene rings is 2. The lowest BCUT2D eigenvalue weighted by molar-refractivity contribution is -0.111. The van der Waals surface area contributed by atoms with Gasteiger partial charge >= 0.3 is 0 Å². The van der Waals surface area contributed by atoms with Crippen LogP contribution in [0.25, 0.3) is 6.08 Å². The van der Waals surface area contributed by atoms with Crippen LogP contribution in [0.5, 0.6) is 0 Å². The Bertz CT molecular complexity index is 957. The van der Waals surface area contributed by atoms with Gasteiger partial charge in [-0.15, -0.1) is 10.2 Å². The molecular formula is C19H14FN3O2S2. The number of carbonyl (C=O) groups is 2. The van der Waals surface area contributed by atoms with Crippen LogP contribution in [0.2, 0.25) is 0 Å². The van der Waals surface area contributed by atoms with E-state index in [0.717, 1.165) is 0 Å². The fourth-order valence-electron chi connectivity index (χ4n) is 2.05. The Labute approximate surface area is 163 Å². The Morgan fingerprint density at radius 2 is 1.81 bits per heavy atom. The third-order valence-corrected chi connectivity index (χ3v) is 5.33. The molecule has 0 aliphatic heterocycles. The SMILES string of the molecule is O=C(/C=C/c1ccc(F)cc1)Nc1nnc(SCC(=O)c2ccccc2)s1. The van der Waals surface area contributed by atoms with E-state index in [0.29, 0.717) is 20.6 Å². The monoisotopic (exact) mass is 399 g/mol. The molecule has 136 valence electrons. The van der Waals surface area contributed by atoms with E-state index in [4.69, 9.17) is 0 Å². The van der Waals surface area contributed by atoms with Gasteiger partial charge < -0.3 is 0 Å². The molecule has 0 unspecified atom stereocenters. The first-order chi connectivity index (χ1) is 13.1. The Hall–Kier alpha value is -2.84. The molecule has 3 aromatic rings. The summed E-state index contributed by atoms with van der Waals surface area (Å²) in [5.74, 6) is -0.450. The van der Waals surface area contributed by atoms with Gasteiger partial charge in [-0.3, -0.25) is 14.9 Å². The molecular weight excluding hydrogens is 385 g/mol. The molecule has 5 nitrogen and oxygen atoms in total. The molecule has 0 radical (unpaired) electrons. The lowest BCUT2D eigenvalue weighted by Gasteiger charge is -1.98. The highest BCUT2D eigenvalue weighted by Gasteiger charge is 2.10. The highest BCUT2D eigenvalue weighted by molar-refractivity contribution is 8.01. The Morgan fingerprint density at radius 3 is 2.56 bits per heavy atom. The van der Waals surface area contributed by atoms with Gasteiger partial charge in [0.1, 0.15) is 5.82 Å². The first-order valence-electron chi connectivity index (χ1n) is 7.89. The highest BCUT2D eigenvalue weighted by Crippen LogP contribution is 2.26. The zero-order valence-corrected chi connectivity index (χ0v) is 15.6. The third-order valence-electron chi connectivity index (χ3n) is 3.36. The second-order valence-corrected chi connectivity index (χ2v) is 7.53. The van der Waals surface area contributed by atoms with Crippen molar-refractivity contribution < 1.29 is 14.0 Å². The lowest BCUT2D eigenvalue weighted by Crippen LogP contribution is -2.07. The normalized spacial score (nSPS) is 10.9. The average molecular weight is 399 g/mol. The number of hydrogen-bond donors (Lipinski definition) is 1. The van der Waals surface area contributed by atoms with Gasteiger partial charge in [0, 0.05) is 11.6 Å². The molecule has 0 spiro atoms. The molecule has 0 atom stereocenters. The predicted molar refractivity (Wildman–Crippen MR) is 105 cm³/mol. The predicted octanol–water partition coefficient (Wildman–Crippen LogP) is 4.30. The number of carbonyl (C=O) groups excluding carboxylic acids is 2. The topological polar surface area (TPSA) is 72.0 Å². The summed E-state index contributed by atoms with van der Waals surface area (Å²) in [6.45, 7) is 0. The van der Waals surface area contributed by atoms with Gasteiger partial charge in [-0.25, -0.2) is 4.39 Å². The van der Waals surface area contributed by atoms with Crippen LogP contribution >= 0.6 is 23.1 Å². The van der Waals surface area contributed by atoms with Crippen LogP contribution < -0.4 is 5.32 Å². The summed E-state index contributed by atoms with van der Waals surface area (Å²) >= 11 is 2.47. The number of rotatable bonds is 7. The summed E-state index contributed by atoms with van der Waals surface area (Å²) in [5, 5.41) is 10.8. The van der Waals surface area contributed by atoms with Crippen LogP contribution in [-0.4, -0.2) is 27.6 Å². The smallest absolute Gasteiger partial charge is 0.250 e. The fourth-order valence-corrected chi connectivity index (χ4v) is 3.70. The largest absolute Gasteiger partial charge is 0.297 e. The Balaban J connectivity index is 1.50. The van der Waals surface area contributed by atoms with Crippen molar-refractivity contribution >= 4 is 46.0 Å². The molecule has 0 bridgehead atoms. The van der Waals surface area contributed by atoms with E-state index < -0.39 is 0 Å². The molecule has 8 heteroatoms. The van der Waals surface area contributed by atoms with Crippen molar-refractivity contribution in [1.82, 2.24) is 10.2 Å². The Kier molecular flexibility index (Phi) is 6.45. The van der Waals surface area contributed by atoms with Crippen LogP contribution in [0.4, 0.5) is 9.52 Å². The van der Waals surface area contributed by atoms with Crippen molar-refractivity contribution in [2.75, 3.05) is 11.1 Å². The third kappa shape index (κ3) is 5.83. The molecule has 1 heterocycles. The lowest BCUT2D eigenvalue weighted by atomic mass is 10.2. The summed E-state index contributed by atoms with van der Waals surface area (Å²) < 4.78 is 13.4. The molecule has 2 aromatic carbocycles. The number of aromatic nitrogens is 2. The second-order valence-electron chi connectivity index (χ2n) is 5.33. The molecule has 1 amide bonds. The molecule has 0 fully saturated rings. The van der Waals surface area contributed by atoms with Crippen LogP contribution in [0.1, 0.15) is 15.9 Å². The maximum Gasteiger partial charge on any atom is 0.250 e. The first-order valence-corrected chi connectivity index (χ1v) is 9.69. The van der Waals surface area contributed by atoms with Gasteiger partial charge in [-0.1, -0.05) is 65.6 Å². The van der Waals surface area contributed by atoms with Crippen LogP contribution in [0.15, 0.2) is 65.0 Å². The van der Waals surface area contributed by atoms with Gasteiger partial charge in [-0.05, 0) is 23.8 Å². The summed E-state index contributed by atoms with van der Waals surface area (Å²) in [7, 11) is 0. The summed E-state index contributed by atoms with van der Waals surface area (Å²) in [6, 6.07) is 14.8. The van der Waals surface area contributed by atoms with Gasteiger partial charge in [0.05, 0.1) is 5.75 Å². The van der Waals surface area contributed by atoms with E-state index in [-0.39, 0.29) is 23.3 Å². The number of Topliss-reactive ketones (excluding diaryl/α,β-unsaturated/α-hetero) is 1. The van der Waals surface area contributed by atoms with Crippen LogP contribution in [-0.2, 0) is 4.79 Å². The van der Waals surface area contributed by atoms with E-state index in [1.807, 2.05) is 18.2 Å². The van der Waals surface area contributed by atoms with Crippen molar-refractivity contribution in [1.29, 1.82) is 0 Å². The minimum absolute atomic E-state index is 0.00335. The number of ketones is 1. The van der Waals surface area contributed by atoms with Crippen molar-refractivity contribution in [2.24, 2.45) is 0 Å². The van der Waals surface area contributed by atoms with Crippen molar-refractivity contribution in [2.45, 2.75) is 4.34 Å². The van der Waals surface area contributed by atoms with Gasteiger partial charge in [0.2, 0.25) is 11.0 Å². The highest BCUT2D eigenvalue weighted by atomic mass is 32.2. The number of thioether (sulfide) groups is 1. The van der Waals surface area contributed by atoms with Crippen LogP contribution in [0, 0.1) is 5.82 Å². The maximum atomic E-state index is 12.8. The molecule has 0 saturated heterocycles. The minimum atomic E-state index is -0.368. The molecule has 3 rings (SSSR count). The summed E-state index contributed by atoms with van der Waals surface area (Å²) in [5.41, 5.74) is 1.36. The molecule has 0 aliphatic carbocycles. The van der Waals surface area contributed by atoms with Crippen LogP contribution in [0.3, 0.4) is 0 Å². The van der Waals surface area contributed by atoms with Crippen molar-refractivity contribution in [3.05, 3.63) is 77.6 Å². The number of amides is 1. The average Bonchev–Trinajstić information content (AvgIpc) is 3.13. The second kappa shape index (κ2) is 9.20. The zero-order valence-electron chi connectivity index (χ0n) is 14.0. The minimum Gasteiger partial charge on any atom is -0.297 e. The molecule has 1 N–H and O–H groups in total.